The number of amides is 1. The molecular formula is C34H29NO6. The number of carbonyl (C=O) groups excluding carboxylic acids is 2. The van der Waals surface area contributed by atoms with Gasteiger partial charge < -0.3 is 19.2 Å². The van der Waals surface area contributed by atoms with Gasteiger partial charge in [0.1, 0.15) is 17.9 Å². The molecule has 0 saturated heterocycles. The van der Waals surface area contributed by atoms with Gasteiger partial charge >= 0.3 is 17.7 Å². The van der Waals surface area contributed by atoms with Gasteiger partial charge in [-0.2, -0.15) is 0 Å². The van der Waals surface area contributed by atoms with Gasteiger partial charge in [-0.05, 0) is 53.8 Å². The van der Waals surface area contributed by atoms with E-state index in [4.69, 9.17) is 13.9 Å². The average Bonchev–Trinajstić information content (AvgIpc) is 2.98. The zero-order valence-electron chi connectivity index (χ0n) is 22.8. The maximum atomic E-state index is 13.6. The number of hydrogen-bond donors (Lipinski definition) is 1. The van der Waals surface area contributed by atoms with Gasteiger partial charge in [0.2, 0.25) is 0 Å². The van der Waals surface area contributed by atoms with Crippen LogP contribution < -0.4 is 15.7 Å². The van der Waals surface area contributed by atoms with Gasteiger partial charge in [-0.3, -0.25) is 0 Å². The first-order valence-electron chi connectivity index (χ1n) is 13.2. The number of benzene rings is 4. The summed E-state index contributed by atoms with van der Waals surface area (Å²) >= 11 is 0. The predicted octanol–water partition coefficient (Wildman–Crippen LogP) is 6.57. The van der Waals surface area contributed by atoms with Crippen molar-refractivity contribution in [3.8, 4) is 5.75 Å². The third-order valence-corrected chi connectivity index (χ3v) is 6.76. The second kappa shape index (κ2) is 12.3. The molecule has 7 heteroatoms. The van der Waals surface area contributed by atoms with Crippen LogP contribution >= 0.6 is 0 Å². The van der Waals surface area contributed by atoms with E-state index in [2.05, 4.69) is 5.32 Å². The molecule has 5 rings (SSSR count). The maximum absolute atomic E-state index is 13.6. The first-order valence-corrected chi connectivity index (χ1v) is 13.2. The van der Waals surface area contributed by atoms with Gasteiger partial charge in [-0.15, -0.1) is 0 Å². The van der Waals surface area contributed by atoms with E-state index in [1.807, 2.05) is 80.6 Å². The third kappa shape index (κ3) is 6.53. The highest BCUT2D eigenvalue weighted by Gasteiger charge is 2.27. The number of nitrogens with one attached hydrogen (secondary N) is 1. The average molecular weight is 548 g/mol. The Balaban J connectivity index is 1.45. The van der Waals surface area contributed by atoms with E-state index in [-0.39, 0.29) is 12.4 Å². The van der Waals surface area contributed by atoms with Crippen LogP contribution in [0, 0.1) is 13.8 Å². The van der Waals surface area contributed by atoms with Crippen LogP contribution in [0.4, 0.5) is 4.79 Å². The first-order chi connectivity index (χ1) is 19.9. The second-order valence-corrected chi connectivity index (χ2v) is 9.76. The minimum atomic E-state index is -1.14. The Bertz CT molecular complexity index is 1730. The van der Waals surface area contributed by atoms with E-state index < -0.39 is 23.7 Å². The first kappa shape index (κ1) is 27.4. The number of fused-ring (bicyclic) bond motifs is 1. The molecule has 0 fully saturated rings. The molecule has 4 aromatic carbocycles. The van der Waals surface area contributed by atoms with Crippen molar-refractivity contribution in [2.45, 2.75) is 32.9 Å². The smallest absolute Gasteiger partial charge is 0.408 e. The van der Waals surface area contributed by atoms with Crippen LogP contribution in [-0.4, -0.2) is 12.1 Å². The van der Waals surface area contributed by atoms with E-state index in [1.54, 1.807) is 36.4 Å². The zero-order valence-corrected chi connectivity index (χ0v) is 22.8. The van der Waals surface area contributed by atoms with E-state index >= 15 is 0 Å². The van der Waals surface area contributed by atoms with Crippen molar-refractivity contribution in [2.75, 3.05) is 0 Å². The van der Waals surface area contributed by atoms with Crippen LogP contribution in [0.3, 0.4) is 0 Å². The standard InChI is InChI=1S/C34H29NO6/c1-22-18-28-30(23(2)27(32(36)40-28)20-24-12-6-3-7-13-24)29(19-22)41-33(37)31(26-16-10-5-11-17-26)35-34(38)39-21-25-14-8-4-9-15-25/h3-19,31H,20-21H2,1-2H3,(H,35,38). The lowest BCUT2D eigenvalue weighted by atomic mass is 9.98. The van der Waals surface area contributed by atoms with Crippen LogP contribution in [0.15, 0.2) is 112 Å². The summed E-state index contributed by atoms with van der Waals surface area (Å²) in [5.41, 5.74) is 4.06. The molecule has 1 aromatic heterocycles. The molecule has 0 bridgehead atoms. The summed E-state index contributed by atoms with van der Waals surface area (Å²) < 4.78 is 17.0. The molecule has 1 amide bonds. The number of alkyl carbamates (subject to hydrolysis) is 1. The summed E-state index contributed by atoms with van der Waals surface area (Å²) in [4.78, 5) is 39.3. The summed E-state index contributed by atoms with van der Waals surface area (Å²) in [7, 11) is 0. The Morgan fingerprint density at radius 3 is 2.10 bits per heavy atom. The Morgan fingerprint density at radius 1 is 0.829 bits per heavy atom. The molecule has 5 aromatic rings. The fourth-order valence-electron chi connectivity index (χ4n) is 4.70. The highest BCUT2D eigenvalue weighted by molar-refractivity contribution is 5.92. The van der Waals surface area contributed by atoms with E-state index in [0.29, 0.717) is 34.1 Å². The van der Waals surface area contributed by atoms with Crippen molar-refractivity contribution in [2.24, 2.45) is 0 Å². The summed E-state index contributed by atoms with van der Waals surface area (Å²) in [6.45, 7) is 3.68. The second-order valence-electron chi connectivity index (χ2n) is 9.76. The molecule has 1 heterocycles. The van der Waals surface area contributed by atoms with E-state index in [9.17, 15) is 14.4 Å². The SMILES string of the molecule is Cc1cc(OC(=O)C(NC(=O)OCc2ccccc2)c2ccccc2)c2c(C)c(Cc3ccccc3)c(=O)oc2c1. The molecule has 0 aliphatic carbocycles. The Labute approximate surface area is 237 Å². The van der Waals surface area contributed by atoms with Crippen LogP contribution in [0.5, 0.6) is 5.75 Å². The maximum Gasteiger partial charge on any atom is 0.408 e. The Morgan fingerprint density at radius 2 is 1.44 bits per heavy atom. The summed E-state index contributed by atoms with van der Waals surface area (Å²) in [5, 5.41) is 3.17. The largest absolute Gasteiger partial charge is 0.445 e. The molecule has 7 nitrogen and oxygen atoms in total. The predicted molar refractivity (Wildman–Crippen MR) is 156 cm³/mol. The monoisotopic (exact) mass is 547 g/mol. The molecule has 0 aliphatic rings. The Kier molecular flexibility index (Phi) is 8.25. The zero-order chi connectivity index (χ0) is 28.8. The minimum absolute atomic E-state index is 0.0498. The molecule has 0 radical (unpaired) electrons. The van der Waals surface area contributed by atoms with Crippen LogP contribution in [0.2, 0.25) is 0 Å². The fourth-order valence-corrected chi connectivity index (χ4v) is 4.70. The third-order valence-electron chi connectivity index (χ3n) is 6.76. The van der Waals surface area contributed by atoms with Crippen LogP contribution in [0.25, 0.3) is 11.0 Å². The van der Waals surface area contributed by atoms with Crippen molar-refractivity contribution >= 4 is 23.0 Å². The number of ether oxygens (including phenoxy) is 2. The molecule has 0 saturated carbocycles. The van der Waals surface area contributed by atoms with Gasteiger partial charge in [0.25, 0.3) is 0 Å². The Hall–Kier alpha value is -5.17. The quantitative estimate of drug-likeness (QED) is 0.134. The van der Waals surface area contributed by atoms with Gasteiger partial charge in [-0.1, -0.05) is 91.0 Å². The lowest BCUT2D eigenvalue weighted by molar-refractivity contribution is -0.136. The minimum Gasteiger partial charge on any atom is -0.445 e. The molecule has 41 heavy (non-hydrogen) atoms. The van der Waals surface area contributed by atoms with Crippen LogP contribution in [-0.2, 0) is 22.6 Å². The molecule has 0 aliphatic heterocycles. The molecule has 1 N–H and O–H groups in total. The van der Waals surface area contributed by atoms with Crippen molar-refractivity contribution in [3.63, 3.8) is 0 Å². The normalized spacial score (nSPS) is 11.6. The highest BCUT2D eigenvalue weighted by atomic mass is 16.6. The number of carbonyl (C=O) groups is 2. The molecular weight excluding hydrogens is 518 g/mol. The molecule has 0 spiro atoms. The van der Waals surface area contributed by atoms with Gasteiger partial charge in [0.15, 0.2) is 6.04 Å². The van der Waals surface area contributed by atoms with Crippen molar-refractivity contribution < 1.29 is 23.5 Å². The van der Waals surface area contributed by atoms with Gasteiger partial charge in [0, 0.05) is 12.0 Å². The number of hydrogen-bond acceptors (Lipinski definition) is 6. The number of rotatable bonds is 8. The highest BCUT2D eigenvalue weighted by Crippen LogP contribution is 2.33. The fraction of sp³-hybridized carbons (Fsp3) is 0.147. The summed E-state index contributed by atoms with van der Waals surface area (Å²) in [6, 6.07) is 30.0. The number of aryl methyl sites for hydroxylation is 2. The van der Waals surface area contributed by atoms with Crippen molar-refractivity contribution in [1.29, 1.82) is 0 Å². The van der Waals surface area contributed by atoms with Gasteiger partial charge in [-0.25, -0.2) is 14.4 Å². The summed E-state index contributed by atoms with van der Waals surface area (Å²) in [5.74, 6) is -0.476. The molecule has 1 atom stereocenters. The van der Waals surface area contributed by atoms with Crippen molar-refractivity contribution in [3.05, 3.63) is 147 Å². The number of esters is 1. The van der Waals surface area contributed by atoms with Gasteiger partial charge in [0.05, 0.1) is 5.39 Å². The lowest BCUT2D eigenvalue weighted by Crippen LogP contribution is -2.36. The topological polar surface area (TPSA) is 94.8 Å². The lowest BCUT2D eigenvalue weighted by Gasteiger charge is -2.19. The van der Waals surface area contributed by atoms with Crippen molar-refractivity contribution in [1.82, 2.24) is 5.32 Å². The summed E-state index contributed by atoms with van der Waals surface area (Å²) in [6.07, 6.45) is -0.394. The van der Waals surface area contributed by atoms with E-state index in [0.717, 1.165) is 16.7 Å². The van der Waals surface area contributed by atoms with Crippen LogP contribution in [0.1, 0.15) is 39.4 Å². The molecule has 1 unspecified atom stereocenters. The van der Waals surface area contributed by atoms with E-state index in [1.165, 1.54) is 0 Å². The molecule has 206 valence electrons.